The van der Waals surface area contributed by atoms with E-state index in [0.29, 0.717) is 26.5 Å². The molecule has 0 aliphatic heterocycles. The monoisotopic (exact) mass is 234 g/mol. The van der Waals surface area contributed by atoms with E-state index in [1.54, 1.807) is 28.9 Å². The summed E-state index contributed by atoms with van der Waals surface area (Å²) in [5.74, 6) is 0. The van der Waals surface area contributed by atoms with Gasteiger partial charge in [0.2, 0.25) is 5.65 Å². The molecule has 2 heterocycles. The van der Waals surface area contributed by atoms with E-state index in [1.165, 1.54) is 0 Å². The molecule has 0 spiro atoms. The van der Waals surface area contributed by atoms with Crippen molar-refractivity contribution < 1.29 is 4.85 Å². The maximum absolute atomic E-state index is 11.7. The molecule has 6 heteroatoms. The summed E-state index contributed by atoms with van der Waals surface area (Å²) in [6.45, 7) is 1.85. The van der Waals surface area contributed by atoms with Crippen molar-refractivity contribution in [2.24, 2.45) is 0 Å². The Morgan fingerprint density at radius 2 is 2.25 bits per heavy atom. The van der Waals surface area contributed by atoms with Gasteiger partial charge in [-0.05, 0) is 23.9 Å². The molecule has 1 aromatic carbocycles. The van der Waals surface area contributed by atoms with Crippen molar-refractivity contribution >= 4 is 28.3 Å². The number of halogens is 1. The van der Waals surface area contributed by atoms with Gasteiger partial charge >= 0.3 is 0 Å². The highest BCUT2D eigenvalue weighted by molar-refractivity contribution is 6.31. The first-order chi connectivity index (χ1) is 7.66. The van der Waals surface area contributed by atoms with Crippen molar-refractivity contribution in [3.8, 4) is 0 Å². The largest absolute Gasteiger partial charge is 0.594 e. The molecular weight excluding hydrogens is 228 g/mol. The molecule has 16 heavy (non-hydrogen) atoms. The minimum Gasteiger partial charge on any atom is -0.594 e. The summed E-state index contributed by atoms with van der Waals surface area (Å²) in [7, 11) is 0. The highest BCUT2D eigenvalue weighted by Gasteiger charge is 2.14. The number of rotatable bonds is 0. The molecule has 0 radical (unpaired) electrons. The van der Waals surface area contributed by atoms with Crippen LogP contribution >= 0.6 is 11.6 Å². The van der Waals surface area contributed by atoms with Gasteiger partial charge in [0.05, 0.1) is 6.20 Å². The Balaban J connectivity index is 2.62. The Morgan fingerprint density at radius 3 is 3.06 bits per heavy atom. The molecule has 0 amide bonds. The van der Waals surface area contributed by atoms with Crippen molar-refractivity contribution in [2.75, 3.05) is 0 Å². The number of fused-ring (bicyclic) bond motifs is 3. The van der Waals surface area contributed by atoms with E-state index in [2.05, 4.69) is 10.2 Å². The Hall–Kier alpha value is -1.88. The highest BCUT2D eigenvalue weighted by Crippen LogP contribution is 2.17. The third kappa shape index (κ3) is 1.15. The zero-order valence-electron chi connectivity index (χ0n) is 8.38. The van der Waals surface area contributed by atoms with E-state index in [4.69, 9.17) is 11.6 Å². The van der Waals surface area contributed by atoms with Crippen LogP contribution in [-0.4, -0.2) is 14.7 Å². The van der Waals surface area contributed by atoms with Gasteiger partial charge in [0.25, 0.3) is 5.52 Å². The zero-order chi connectivity index (χ0) is 11.3. The molecule has 0 unspecified atom stereocenters. The predicted molar refractivity (Wildman–Crippen MR) is 59.2 cm³/mol. The first-order valence-electron chi connectivity index (χ1n) is 4.70. The topological polar surface area (TPSA) is 57.1 Å². The van der Waals surface area contributed by atoms with Crippen LogP contribution in [0.15, 0.2) is 24.4 Å². The van der Waals surface area contributed by atoms with Gasteiger partial charge in [0.1, 0.15) is 5.52 Å². The number of aromatic nitrogens is 4. The summed E-state index contributed by atoms with van der Waals surface area (Å²) < 4.78 is 1.62. The molecule has 3 aromatic rings. The van der Waals surface area contributed by atoms with Crippen molar-refractivity contribution in [1.82, 2.24) is 14.7 Å². The van der Waals surface area contributed by atoms with Crippen molar-refractivity contribution in [3.05, 3.63) is 40.2 Å². The molecule has 5 nitrogen and oxygen atoms in total. The smallest absolute Gasteiger partial charge is 0.270 e. The highest BCUT2D eigenvalue weighted by atomic mass is 35.5. The number of hydrogen-bond donors (Lipinski definition) is 0. The van der Waals surface area contributed by atoms with Crippen molar-refractivity contribution in [2.45, 2.75) is 6.92 Å². The molecular formula is C10H7ClN4O. The van der Waals surface area contributed by atoms with Crippen LogP contribution in [0.25, 0.3) is 16.7 Å². The second-order valence-electron chi connectivity index (χ2n) is 3.57. The summed E-state index contributed by atoms with van der Waals surface area (Å²) in [6.07, 6.45) is 1.67. The zero-order valence-corrected chi connectivity index (χ0v) is 9.14. The van der Waals surface area contributed by atoms with Gasteiger partial charge in [-0.2, -0.15) is 5.10 Å². The first kappa shape index (κ1) is 9.35. The second-order valence-corrected chi connectivity index (χ2v) is 4.01. The van der Waals surface area contributed by atoms with E-state index in [9.17, 15) is 5.21 Å². The van der Waals surface area contributed by atoms with Gasteiger partial charge in [0, 0.05) is 21.8 Å². The Kier molecular flexibility index (Phi) is 1.79. The molecule has 80 valence electrons. The van der Waals surface area contributed by atoms with Crippen LogP contribution < -0.4 is 4.85 Å². The normalized spacial score (nSPS) is 11.4. The summed E-state index contributed by atoms with van der Waals surface area (Å²) in [5.41, 5.74) is 2.50. The molecule has 0 fully saturated rings. The number of nitrogens with zero attached hydrogens (tertiary/aromatic N) is 4. The molecule has 0 saturated carbocycles. The molecule has 0 bridgehead atoms. The average molecular weight is 235 g/mol. The summed E-state index contributed by atoms with van der Waals surface area (Å²) in [4.78, 5) is 0.593. The number of benzene rings is 1. The molecule has 0 N–H and O–H groups in total. The van der Waals surface area contributed by atoms with Gasteiger partial charge in [-0.1, -0.05) is 11.6 Å². The minimum absolute atomic E-state index is 0.444. The molecule has 0 aliphatic carbocycles. The quantitative estimate of drug-likeness (QED) is 0.437. The number of aryl methyl sites for hydroxylation is 1. The first-order valence-corrected chi connectivity index (χ1v) is 5.08. The summed E-state index contributed by atoms with van der Waals surface area (Å²) in [6, 6.07) is 4.99. The lowest BCUT2D eigenvalue weighted by Crippen LogP contribution is -2.33. The lowest BCUT2D eigenvalue weighted by atomic mass is 10.3. The summed E-state index contributed by atoms with van der Waals surface area (Å²) >= 11 is 5.91. The van der Waals surface area contributed by atoms with Crippen molar-refractivity contribution in [3.63, 3.8) is 0 Å². The van der Waals surface area contributed by atoms with E-state index in [-0.39, 0.29) is 0 Å². The van der Waals surface area contributed by atoms with E-state index in [1.807, 2.05) is 6.92 Å². The molecule has 0 aliphatic rings. The van der Waals surface area contributed by atoms with Gasteiger partial charge in [-0.3, -0.25) is 0 Å². The summed E-state index contributed by atoms with van der Waals surface area (Å²) in [5, 5.41) is 20.3. The van der Waals surface area contributed by atoms with Crippen LogP contribution in [-0.2, 0) is 0 Å². The lowest BCUT2D eigenvalue weighted by molar-refractivity contribution is -0.640. The molecule has 0 saturated heterocycles. The van der Waals surface area contributed by atoms with Crippen molar-refractivity contribution in [1.29, 1.82) is 0 Å². The maximum Gasteiger partial charge on any atom is 0.270 e. The third-order valence-electron chi connectivity index (χ3n) is 2.48. The van der Waals surface area contributed by atoms with E-state index < -0.39 is 0 Å². The third-order valence-corrected chi connectivity index (χ3v) is 2.71. The molecule has 0 atom stereocenters. The second kappa shape index (κ2) is 3.05. The van der Waals surface area contributed by atoms with Crippen LogP contribution in [0.2, 0.25) is 5.02 Å². The van der Waals surface area contributed by atoms with Crippen LogP contribution in [0.3, 0.4) is 0 Å². The maximum atomic E-state index is 11.7. The fraction of sp³-hybridized carbons (Fsp3) is 0.100. The van der Waals surface area contributed by atoms with E-state index in [0.717, 1.165) is 5.56 Å². The fourth-order valence-electron chi connectivity index (χ4n) is 1.69. The Labute approximate surface area is 95.5 Å². The van der Waals surface area contributed by atoms with E-state index >= 15 is 0 Å². The SMILES string of the molecule is Cc1cnn2c1n[n+]([O-])c1ccc(Cl)cc12. The van der Waals surface area contributed by atoms with Gasteiger partial charge in [-0.15, -0.1) is 0 Å². The van der Waals surface area contributed by atoms with Crippen LogP contribution in [0.1, 0.15) is 5.56 Å². The van der Waals surface area contributed by atoms with Gasteiger partial charge < -0.3 is 5.21 Å². The van der Waals surface area contributed by atoms with Crippen LogP contribution in [0, 0.1) is 12.1 Å². The minimum atomic E-state index is 0.444. The number of hydrogen-bond acceptors (Lipinski definition) is 3. The Bertz CT molecular complexity index is 707. The average Bonchev–Trinajstić information content (AvgIpc) is 2.61. The lowest BCUT2D eigenvalue weighted by Gasteiger charge is -2.01. The standard InChI is InChI=1S/C10H7ClN4O/c1-6-5-12-14-9-4-7(11)2-3-8(9)15(16)13-10(6)14/h2-5H,1H3. The predicted octanol–water partition coefficient (Wildman–Crippen LogP) is 1.48. The fourth-order valence-corrected chi connectivity index (χ4v) is 1.86. The van der Waals surface area contributed by atoms with Crippen LogP contribution in [0.4, 0.5) is 0 Å². The van der Waals surface area contributed by atoms with Crippen LogP contribution in [0.5, 0.6) is 0 Å². The van der Waals surface area contributed by atoms with Gasteiger partial charge in [-0.25, -0.2) is 4.52 Å². The molecule has 2 aromatic heterocycles. The Morgan fingerprint density at radius 1 is 1.44 bits per heavy atom. The molecule has 3 rings (SSSR count). The van der Waals surface area contributed by atoms with Gasteiger partial charge in [0.15, 0.2) is 0 Å².